The summed E-state index contributed by atoms with van der Waals surface area (Å²) in [6.45, 7) is 3.68. The molecule has 0 radical (unpaired) electrons. The molecule has 0 bridgehead atoms. The molecule has 132 valence electrons. The molecule has 2 aromatic rings. The summed E-state index contributed by atoms with van der Waals surface area (Å²) in [5, 5.41) is 12.1. The van der Waals surface area contributed by atoms with Gasteiger partial charge < -0.3 is 15.2 Å². The lowest BCUT2D eigenvalue weighted by Gasteiger charge is -2.26. The first kappa shape index (κ1) is 18.4. The Balaban J connectivity index is 2.07. The molecule has 1 aromatic heterocycles. The average Bonchev–Trinajstić information content (AvgIpc) is 2.63. The van der Waals surface area contributed by atoms with Gasteiger partial charge in [0.25, 0.3) is 5.91 Å². The van der Waals surface area contributed by atoms with E-state index in [2.05, 4.69) is 15.3 Å². The van der Waals surface area contributed by atoms with Gasteiger partial charge in [-0.2, -0.15) is 0 Å². The fourth-order valence-electron chi connectivity index (χ4n) is 2.39. The van der Waals surface area contributed by atoms with Gasteiger partial charge in [-0.3, -0.25) is 14.6 Å². The number of nitrogens with one attached hydrogen (secondary N) is 1. The highest BCUT2D eigenvalue weighted by Gasteiger charge is 2.35. The Hall–Kier alpha value is -2.96. The first-order valence-electron chi connectivity index (χ1n) is 8.06. The fourth-order valence-corrected chi connectivity index (χ4v) is 2.39. The number of aromatic nitrogens is 2. The van der Waals surface area contributed by atoms with Crippen LogP contribution in [0.5, 0.6) is 11.6 Å². The lowest BCUT2D eigenvalue weighted by molar-refractivity contribution is -0.149. The standard InChI is InChI=1S/C18H21N3O4/c1-3-18(4-2,17(23)24)12-21-16(22)13-6-5-7-14(10-13)25-15-11-19-8-9-20-15/h5-11H,3-4,12H2,1-2H3,(H,21,22)(H,23,24). The van der Waals surface area contributed by atoms with E-state index in [4.69, 9.17) is 4.74 Å². The molecule has 1 amide bonds. The van der Waals surface area contributed by atoms with Crippen LogP contribution < -0.4 is 10.1 Å². The predicted molar refractivity (Wildman–Crippen MR) is 91.5 cm³/mol. The van der Waals surface area contributed by atoms with Gasteiger partial charge in [0.2, 0.25) is 5.88 Å². The summed E-state index contributed by atoms with van der Waals surface area (Å²) < 4.78 is 5.55. The van der Waals surface area contributed by atoms with E-state index in [1.165, 1.54) is 18.6 Å². The minimum Gasteiger partial charge on any atom is -0.481 e. The Morgan fingerprint density at radius 3 is 2.60 bits per heavy atom. The molecule has 0 fully saturated rings. The molecule has 2 rings (SSSR count). The van der Waals surface area contributed by atoms with Crippen molar-refractivity contribution in [2.45, 2.75) is 26.7 Å². The van der Waals surface area contributed by atoms with Gasteiger partial charge in [0.1, 0.15) is 5.75 Å². The number of benzene rings is 1. The van der Waals surface area contributed by atoms with E-state index < -0.39 is 11.4 Å². The van der Waals surface area contributed by atoms with Crippen LogP contribution in [0.15, 0.2) is 42.9 Å². The van der Waals surface area contributed by atoms with Gasteiger partial charge in [0, 0.05) is 24.5 Å². The summed E-state index contributed by atoms with van der Waals surface area (Å²) in [7, 11) is 0. The van der Waals surface area contributed by atoms with E-state index in [-0.39, 0.29) is 12.5 Å². The van der Waals surface area contributed by atoms with Crippen molar-refractivity contribution in [1.82, 2.24) is 15.3 Å². The zero-order valence-corrected chi connectivity index (χ0v) is 14.2. The van der Waals surface area contributed by atoms with Crippen LogP contribution in [0.2, 0.25) is 0 Å². The largest absolute Gasteiger partial charge is 0.481 e. The van der Waals surface area contributed by atoms with E-state index in [1.54, 1.807) is 38.1 Å². The number of carboxylic acids is 1. The molecule has 0 aliphatic carbocycles. The minimum absolute atomic E-state index is 0.0728. The molecule has 0 unspecified atom stereocenters. The second-order valence-electron chi connectivity index (χ2n) is 5.65. The Labute approximate surface area is 146 Å². The average molecular weight is 343 g/mol. The number of hydrogen-bond donors (Lipinski definition) is 2. The number of amides is 1. The summed E-state index contributed by atoms with van der Waals surface area (Å²) in [6, 6.07) is 6.60. The Morgan fingerprint density at radius 2 is 2.00 bits per heavy atom. The number of hydrogen-bond acceptors (Lipinski definition) is 5. The monoisotopic (exact) mass is 343 g/mol. The number of ether oxygens (including phenoxy) is 1. The third-order valence-electron chi connectivity index (χ3n) is 4.25. The van der Waals surface area contributed by atoms with Crippen molar-refractivity contribution in [1.29, 1.82) is 0 Å². The van der Waals surface area contributed by atoms with Gasteiger partial charge in [-0.1, -0.05) is 19.9 Å². The molecule has 0 aliphatic heterocycles. The molecule has 7 heteroatoms. The minimum atomic E-state index is -0.955. The third-order valence-corrected chi connectivity index (χ3v) is 4.25. The summed E-state index contributed by atoms with van der Waals surface area (Å²) in [4.78, 5) is 31.8. The van der Waals surface area contributed by atoms with E-state index in [0.29, 0.717) is 30.0 Å². The summed E-state index contributed by atoms with van der Waals surface area (Å²) in [5.41, 5.74) is -0.573. The molecule has 0 spiro atoms. The highest BCUT2D eigenvalue weighted by molar-refractivity contribution is 5.95. The van der Waals surface area contributed by atoms with Gasteiger partial charge in [-0.25, -0.2) is 4.98 Å². The Bertz CT molecular complexity index is 730. The van der Waals surface area contributed by atoms with Crippen LogP contribution in [0.4, 0.5) is 0 Å². The van der Waals surface area contributed by atoms with E-state index >= 15 is 0 Å². The highest BCUT2D eigenvalue weighted by Crippen LogP contribution is 2.26. The first-order chi connectivity index (χ1) is 12.0. The molecule has 1 heterocycles. The summed E-state index contributed by atoms with van der Waals surface area (Å²) in [5.74, 6) is -0.486. The zero-order valence-electron chi connectivity index (χ0n) is 14.2. The number of carboxylic acid groups (broad SMARTS) is 1. The van der Waals surface area contributed by atoms with Gasteiger partial charge in [-0.15, -0.1) is 0 Å². The van der Waals surface area contributed by atoms with E-state index in [9.17, 15) is 14.7 Å². The van der Waals surface area contributed by atoms with Crippen LogP contribution in [0.1, 0.15) is 37.0 Å². The maximum Gasteiger partial charge on any atom is 0.311 e. The topological polar surface area (TPSA) is 101 Å². The molecule has 0 saturated carbocycles. The third kappa shape index (κ3) is 4.53. The van der Waals surface area contributed by atoms with Crippen molar-refractivity contribution in [3.63, 3.8) is 0 Å². The predicted octanol–water partition coefficient (Wildman–Crippen LogP) is 2.89. The van der Waals surface area contributed by atoms with E-state index in [0.717, 1.165) is 0 Å². The second-order valence-corrected chi connectivity index (χ2v) is 5.65. The van der Waals surface area contributed by atoms with Crippen LogP contribution in [0.25, 0.3) is 0 Å². The number of nitrogens with zero attached hydrogens (tertiary/aromatic N) is 2. The molecule has 7 nitrogen and oxygen atoms in total. The quantitative estimate of drug-likeness (QED) is 0.764. The smallest absolute Gasteiger partial charge is 0.311 e. The SMILES string of the molecule is CCC(CC)(CNC(=O)c1cccc(Oc2cnccn2)c1)C(=O)O. The number of carbonyl (C=O) groups is 2. The summed E-state index contributed by atoms with van der Waals surface area (Å²) in [6.07, 6.45) is 5.39. The fraction of sp³-hybridized carbons (Fsp3) is 0.333. The molecule has 0 aliphatic rings. The lowest BCUT2D eigenvalue weighted by atomic mass is 9.82. The van der Waals surface area contributed by atoms with Crippen LogP contribution in [0.3, 0.4) is 0 Å². The molecular formula is C18H21N3O4. The maximum atomic E-state index is 12.4. The van der Waals surface area contributed by atoms with Crippen molar-refractivity contribution in [3.8, 4) is 11.6 Å². The maximum absolute atomic E-state index is 12.4. The van der Waals surface area contributed by atoms with Crippen molar-refractivity contribution in [2.24, 2.45) is 5.41 Å². The first-order valence-corrected chi connectivity index (χ1v) is 8.06. The molecule has 2 N–H and O–H groups in total. The Morgan fingerprint density at radius 1 is 1.24 bits per heavy atom. The van der Waals surface area contributed by atoms with Gasteiger partial charge in [0.05, 0.1) is 11.6 Å². The lowest BCUT2D eigenvalue weighted by Crippen LogP contribution is -2.42. The highest BCUT2D eigenvalue weighted by atomic mass is 16.5. The molecule has 0 atom stereocenters. The van der Waals surface area contributed by atoms with Crippen molar-refractivity contribution >= 4 is 11.9 Å². The second kappa shape index (κ2) is 8.23. The van der Waals surface area contributed by atoms with Crippen molar-refractivity contribution in [3.05, 3.63) is 48.4 Å². The zero-order chi connectivity index (χ0) is 18.3. The van der Waals surface area contributed by atoms with E-state index in [1.807, 2.05) is 0 Å². The number of aliphatic carboxylic acids is 1. The van der Waals surface area contributed by atoms with Gasteiger partial charge >= 0.3 is 5.97 Å². The van der Waals surface area contributed by atoms with Crippen molar-refractivity contribution in [2.75, 3.05) is 6.54 Å². The normalized spacial score (nSPS) is 11.0. The number of carbonyl (C=O) groups excluding carboxylic acids is 1. The molecule has 25 heavy (non-hydrogen) atoms. The van der Waals surface area contributed by atoms with Crippen molar-refractivity contribution < 1.29 is 19.4 Å². The Kier molecular flexibility index (Phi) is 6.05. The summed E-state index contributed by atoms with van der Waals surface area (Å²) >= 11 is 0. The van der Waals surface area contributed by atoms with Crippen LogP contribution in [-0.2, 0) is 4.79 Å². The van der Waals surface area contributed by atoms with Gasteiger partial charge in [-0.05, 0) is 31.0 Å². The van der Waals surface area contributed by atoms with Crippen LogP contribution in [0, 0.1) is 5.41 Å². The molecule has 0 saturated heterocycles. The van der Waals surface area contributed by atoms with Gasteiger partial charge in [0.15, 0.2) is 0 Å². The van der Waals surface area contributed by atoms with Crippen LogP contribution >= 0.6 is 0 Å². The van der Waals surface area contributed by atoms with Crippen LogP contribution in [-0.4, -0.2) is 33.5 Å². The molecular weight excluding hydrogens is 322 g/mol. The molecule has 1 aromatic carbocycles. The number of rotatable bonds is 8.